The molecule has 120 valence electrons. The van der Waals surface area contributed by atoms with E-state index in [2.05, 4.69) is 31.4 Å². The average molecular weight is 378 g/mol. The zero-order valence-corrected chi connectivity index (χ0v) is 14.5. The molecule has 1 amide bonds. The Balaban J connectivity index is 2.14. The number of hydrogen-bond donors (Lipinski definition) is 1. The number of pyridine rings is 1. The predicted octanol–water partition coefficient (Wildman–Crippen LogP) is 2.93. The molecular weight excluding hydrogens is 362 g/mol. The third-order valence-electron chi connectivity index (χ3n) is 3.15. The number of nitrogens with one attached hydrogen (secondary N) is 1. The summed E-state index contributed by atoms with van der Waals surface area (Å²) in [5.74, 6) is 1.02. The molecule has 0 aliphatic rings. The molecule has 0 fully saturated rings. The molecule has 0 aliphatic carbocycles. The van der Waals surface area contributed by atoms with Gasteiger partial charge < -0.3 is 9.47 Å². The highest BCUT2D eigenvalue weighted by atomic mass is 79.9. The fourth-order valence-corrected chi connectivity index (χ4v) is 2.41. The second-order valence-electron chi connectivity index (χ2n) is 4.61. The van der Waals surface area contributed by atoms with Gasteiger partial charge in [0.05, 0.1) is 26.0 Å². The monoisotopic (exact) mass is 377 g/mol. The molecule has 1 N–H and O–H groups in total. The summed E-state index contributed by atoms with van der Waals surface area (Å²) >= 11 is 3.27. The molecule has 0 saturated carbocycles. The van der Waals surface area contributed by atoms with Crippen LogP contribution in [-0.2, 0) is 0 Å². The average Bonchev–Trinajstić information content (AvgIpc) is 2.55. The Kier molecular flexibility index (Phi) is 5.70. The van der Waals surface area contributed by atoms with Crippen LogP contribution < -0.4 is 14.9 Å². The molecule has 0 unspecified atom stereocenters. The number of hydrazone groups is 1. The van der Waals surface area contributed by atoms with Crippen LogP contribution in [0.5, 0.6) is 11.5 Å². The third-order valence-corrected chi connectivity index (χ3v) is 3.58. The molecule has 6 nitrogen and oxygen atoms in total. The topological polar surface area (TPSA) is 72.8 Å². The Morgan fingerprint density at radius 1 is 1.30 bits per heavy atom. The Morgan fingerprint density at radius 3 is 2.74 bits per heavy atom. The van der Waals surface area contributed by atoms with Gasteiger partial charge in [0.2, 0.25) is 0 Å². The molecule has 0 saturated heterocycles. The fourth-order valence-electron chi connectivity index (χ4n) is 2.05. The first-order chi connectivity index (χ1) is 11.1. The van der Waals surface area contributed by atoms with E-state index in [0.717, 1.165) is 21.3 Å². The summed E-state index contributed by atoms with van der Waals surface area (Å²) < 4.78 is 11.3. The summed E-state index contributed by atoms with van der Waals surface area (Å²) in [4.78, 5) is 15.9. The Bertz CT molecular complexity index is 747. The molecule has 7 heteroatoms. The first kappa shape index (κ1) is 17.0. The zero-order chi connectivity index (χ0) is 16.8. The maximum Gasteiger partial charge on any atom is 0.272 e. The van der Waals surface area contributed by atoms with Crippen LogP contribution >= 0.6 is 15.9 Å². The molecule has 1 aromatic heterocycles. The van der Waals surface area contributed by atoms with Gasteiger partial charge in [-0.05, 0) is 41.1 Å². The smallest absolute Gasteiger partial charge is 0.272 e. The Hall–Kier alpha value is -2.41. The number of carbonyl (C=O) groups is 1. The fraction of sp³-hybridized carbons (Fsp3) is 0.188. The summed E-state index contributed by atoms with van der Waals surface area (Å²) in [5.41, 5.74) is 4.47. The number of ether oxygens (including phenoxy) is 2. The number of aromatic nitrogens is 1. The van der Waals surface area contributed by atoms with Gasteiger partial charge in [0.25, 0.3) is 5.91 Å². The van der Waals surface area contributed by atoms with Crippen molar-refractivity contribution < 1.29 is 14.3 Å². The molecule has 2 rings (SSSR count). The number of rotatable bonds is 5. The van der Waals surface area contributed by atoms with Gasteiger partial charge in [-0.15, -0.1) is 0 Å². The lowest BCUT2D eigenvalue weighted by Crippen LogP contribution is -2.17. The van der Waals surface area contributed by atoms with E-state index in [-0.39, 0.29) is 5.91 Å². The number of amides is 1. The second-order valence-corrected chi connectivity index (χ2v) is 5.52. The van der Waals surface area contributed by atoms with E-state index < -0.39 is 0 Å². The summed E-state index contributed by atoms with van der Waals surface area (Å²) in [6.07, 6.45) is 4.59. The Labute approximate surface area is 142 Å². The van der Waals surface area contributed by atoms with Crippen LogP contribution in [0.3, 0.4) is 0 Å². The molecule has 0 aliphatic heterocycles. The lowest BCUT2D eigenvalue weighted by molar-refractivity contribution is 0.0954. The van der Waals surface area contributed by atoms with E-state index in [1.807, 2.05) is 13.0 Å². The highest BCUT2D eigenvalue weighted by Gasteiger charge is 2.10. The lowest BCUT2D eigenvalue weighted by atomic mass is 10.1. The summed E-state index contributed by atoms with van der Waals surface area (Å²) in [7, 11) is 3.17. The van der Waals surface area contributed by atoms with Crippen LogP contribution in [0.25, 0.3) is 0 Å². The highest BCUT2D eigenvalue weighted by molar-refractivity contribution is 9.10. The predicted molar refractivity (Wildman–Crippen MR) is 91.3 cm³/mol. The van der Waals surface area contributed by atoms with Gasteiger partial charge in [-0.1, -0.05) is 0 Å². The van der Waals surface area contributed by atoms with Gasteiger partial charge in [0.1, 0.15) is 11.5 Å². The molecule has 0 spiro atoms. The molecule has 1 heterocycles. The molecule has 1 aromatic carbocycles. The van der Waals surface area contributed by atoms with Crippen molar-refractivity contribution in [2.75, 3.05) is 14.2 Å². The number of methoxy groups -OCH3 is 2. The van der Waals surface area contributed by atoms with Gasteiger partial charge in [-0.25, -0.2) is 5.43 Å². The molecule has 0 atom stereocenters. The zero-order valence-electron chi connectivity index (χ0n) is 13.0. The minimum absolute atomic E-state index is 0.348. The van der Waals surface area contributed by atoms with Crippen LogP contribution in [0.4, 0.5) is 0 Å². The van der Waals surface area contributed by atoms with Gasteiger partial charge in [0, 0.05) is 28.0 Å². The van der Waals surface area contributed by atoms with Crippen LogP contribution in [0.2, 0.25) is 0 Å². The summed E-state index contributed by atoms with van der Waals surface area (Å²) in [6, 6.07) is 5.29. The normalized spacial score (nSPS) is 10.6. The number of benzene rings is 1. The van der Waals surface area contributed by atoms with E-state index in [1.54, 1.807) is 32.5 Å². The standard InChI is InChI=1S/C16H16BrN3O3/c1-10-14(22-2)5-4-11(15(10)23-3)8-19-20-16(21)12-6-13(17)9-18-7-12/h4-9H,1-3H3,(H,20,21)/b19-8+. The van der Waals surface area contributed by atoms with Crippen molar-refractivity contribution in [2.24, 2.45) is 5.10 Å². The molecule has 2 aromatic rings. The van der Waals surface area contributed by atoms with Crippen molar-refractivity contribution in [3.05, 3.63) is 51.8 Å². The van der Waals surface area contributed by atoms with Crippen molar-refractivity contribution in [1.82, 2.24) is 10.4 Å². The van der Waals surface area contributed by atoms with Crippen molar-refractivity contribution in [2.45, 2.75) is 6.92 Å². The lowest BCUT2D eigenvalue weighted by Gasteiger charge is -2.11. The van der Waals surface area contributed by atoms with Crippen LogP contribution in [0.15, 0.2) is 40.2 Å². The first-order valence-corrected chi connectivity index (χ1v) is 7.51. The first-order valence-electron chi connectivity index (χ1n) is 6.72. The number of nitrogens with zero attached hydrogens (tertiary/aromatic N) is 2. The van der Waals surface area contributed by atoms with E-state index in [1.165, 1.54) is 12.4 Å². The van der Waals surface area contributed by atoms with Gasteiger partial charge in [0.15, 0.2) is 0 Å². The van der Waals surface area contributed by atoms with Gasteiger partial charge in [-0.2, -0.15) is 5.10 Å². The number of halogens is 1. The summed E-state index contributed by atoms with van der Waals surface area (Å²) in [5, 5.41) is 3.96. The molecule has 0 radical (unpaired) electrons. The van der Waals surface area contributed by atoms with Crippen LogP contribution in [0, 0.1) is 6.92 Å². The Morgan fingerprint density at radius 2 is 2.09 bits per heavy atom. The molecule has 0 bridgehead atoms. The molecule has 23 heavy (non-hydrogen) atoms. The summed E-state index contributed by atoms with van der Waals surface area (Å²) in [6.45, 7) is 1.89. The maximum atomic E-state index is 12.0. The minimum Gasteiger partial charge on any atom is -0.496 e. The van der Waals surface area contributed by atoms with Crippen LogP contribution in [0.1, 0.15) is 21.5 Å². The van der Waals surface area contributed by atoms with Crippen molar-refractivity contribution in [3.8, 4) is 11.5 Å². The van der Waals surface area contributed by atoms with E-state index >= 15 is 0 Å². The SMILES string of the molecule is COc1ccc(/C=N/NC(=O)c2cncc(Br)c2)c(OC)c1C. The maximum absolute atomic E-state index is 12.0. The highest BCUT2D eigenvalue weighted by Crippen LogP contribution is 2.30. The number of carbonyl (C=O) groups excluding carboxylic acids is 1. The van der Waals surface area contributed by atoms with Gasteiger partial charge >= 0.3 is 0 Å². The van der Waals surface area contributed by atoms with Crippen molar-refractivity contribution in [3.63, 3.8) is 0 Å². The van der Waals surface area contributed by atoms with Crippen molar-refractivity contribution >= 4 is 28.1 Å². The van der Waals surface area contributed by atoms with Gasteiger partial charge in [-0.3, -0.25) is 9.78 Å². The minimum atomic E-state index is -0.348. The largest absolute Gasteiger partial charge is 0.496 e. The quantitative estimate of drug-likeness (QED) is 0.642. The van der Waals surface area contributed by atoms with E-state index in [4.69, 9.17) is 9.47 Å². The second kappa shape index (κ2) is 7.73. The van der Waals surface area contributed by atoms with Crippen LogP contribution in [-0.4, -0.2) is 31.3 Å². The molecular formula is C16H16BrN3O3. The van der Waals surface area contributed by atoms with Crippen molar-refractivity contribution in [1.29, 1.82) is 0 Å². The van der Waals surface area contributed by atoms with E-state index in [9.17, 15) is 4.79 Å². The number of hydrogen-bond acceptors (Lipinski definition) is 5. The third kappa shape index (κ3) is 4.07. The van der Waals surface area contributed by atoms with E-state index in [0.29, 0.717) is 11.3 Å².